The Kier molecular flexibility index (Phi) is 18.5. The van der Waals surface area contributed by atoms with E-state index >= 15 is 0 Å². The molecule has 0 aromatic carbocycles. The maximum Gasteiger partial charge on any atom is 0.00772 e. The molecule has 0 amide bonds. The first kappa shape index (κ1) is 19.7. The van der Waals surface area contributed by atoms with Gasteiger partial charge in [0.15, 0.2) is 0 Å². The average molecular weight is 289 g/mol. The molecule has 1 aliphatic heterocycles. The van der Waals surface area contributed by atoms with Crippen LogP contribution in [0.1, 0.15) is 0 Å². The summed E-state index contributed by atoms with van der Waals surface area (Å²) in [5.41, 5.74) is 4.50. The molecule has 0 bridgehead atoms. The van der Waals surface area contributed by atoms with Crippen molar-refractivity contribution in [1.82, 2.24) is 31.9 Å². The van der Waals surface area contributed by atoms with E-state index < -0.39 is 0 Å². The summed E-state index contributed by atoms with van der Waals surface area (Å²) in [5.74, 6) is 0. The zero-order chi connectivity index (χ0) is 14.7. The lowest BCUT2D eigenvalue weighted by molar-refractivity contribution is 0.534. The van der Waals surface area contributed by atoms with E-state index in [4.69, 9.17) is 0 Å². The molecule has 1 fully saturated rings. The van der Waals surface area contributed by atoms with Crippen LogP contribution in [0.4, 0.5) is 0 Å². The highest BCUT2D eigenvalue weighted by Gasteiger charge is 1.92. The third kappa shape index (κ3) is 15.8. The topological polar surface area (TPSA) is 98.2 Å². The molecular weight excluding hydrogens is 254 g/mol. The van der Waals surface area contributed by atoms with Crippen LogP contribution < -0.4 is 37.6 Å². The van der Waals surface area contributed by atoms with Crippen molar-refractivity contribution in [3.8, 4) is 0 Å². The quantitative estimate of drug-likeness (QED) is 0.257. The highest BCUT2D eigenvalue weighted by atomic mass is 15.0. The molecule has 1 aliphatic rings. The van der Waals surface area contributed by atoms with Gasteiger partial charge in [0.25, 0.3) is 0 Å². The maximum absolute atomic E-state index is 4.50. The number of nitrogens with one attached hydrogen (secondary N) is 6. The second kappa shape index (κ2) is 18.7. The Labute approximate surface area is 124 Å². The van der Waals surface area contributed by atoms with Crippen LogP contribution in [-0.2, 0) is 0 Å². The standard InChI is InChI=1S/C12H30N6.CH5N/c1-2-14-5-6-16-9-10-18-12-11-17-8-7-15-4-3-13-1;1-2/h13-18H,1-12H2;2H2,1H3. The Morgan fingerprint density at radius 2 is 0.450 bits per heavy atom. The number of hydrogen-bond donors (Lipinski definition) is 7. The van der Waals surface area contributed by atoms with Crippen molar-refractivity contribution in [2.45, 2.75) is 0 Å². The van der Waals surface area contributed by atoms with Crippen molar-refractivity contribution in [3.63, 3.8) is 0 Å². The van der Waals surface area contributed by atoms with Gasteiger partial charge in [-0.15, -0.1) is 0 Å². The molecule has 122 valence electrons. The zero-order valence-corrected chi connectivity index (χ0v) is 13.1. The predicted octanol–water partition coefficient (Wildman–Crippen LogP) is -2.89. The first-order valence-electron chi connectivity index (χ1n) is 7.82. The Balaban J connectivity index is 0.00000172. The fourth-order valence-corrected chi connectivity index (χ4v) is 1.81. The summed E-state index contributed by atoms with van der Waals surface area (Å²) in [5, 5.41) is 20.5. The minimum Gasteiger partial charge on any atom is -0.333 e. The fourth-order valence-electron chi connectivity index (χ4n) is 1.81. The van der Waals surface area contributed by atoms with Crippen LogP contribution in [0.3, 0.4) is 0 Å². The molecule has 1 saturated heterocycles. The fraction of sp³-hybridized carbons (Fsp3) is 1.00. The summed E-state index contributed by atoms with van der Waals surface area (Å²) in [6.45, 7) is 12.5. The van der Waals surface area contributed by atoms with Gasteiger partial charge in [0.1, 0.15) is 0 Å². The molecule has 0 aromatic rings. The molecule has 8 N–H and O–H groups in total. The monoisotopic (exact) mass is 289 g/mol. The van der Waals surface area contributed by atoms with Crippen LogP contribution in [-0.4, -0.2) is 85.6 Å². The number of rotatable bonds is 0. The number of hydrogen-bond acceptors (Lipinski definition) is 7. The van der Waals surface area contributed by atoms with Crippen LogP contribution in [0.15, 0.2) is 0 Å². The first-order chi connectivity index (χ1) is 10.0. The zero-order valence-electron chi connectivity index (χ0n) is 13.1. The maximum atomic E-state index is 4.50. The normalized spacial score (nSPS) is 21.9. The average Bonchev–Trinajstić information content (AvgIpc) is 2.49. The molecule has 1 heterocycles. The van der Waals surface area contributed by atoms with E-state index in [1.54, 1.807) is 0 Å². The molecular formula is C13H35N7. The third-order valence-electron chi connectivity index (χ3n) is 2.87. The summed E-state index contributed by atoms with van der Waals surface area (Å²) in [6, 6.07) is 0. The van der Waals surface area contributed by atoms with E-state index in [0.717, 1.165) is 78.5 Å². The van der Waals surface area contributed by atoms with Gasteiger partial charge in [0.2, 0.25) is 0 Å². The van der Waals surface area contributed by atoms with Gasteiger partial charge in [0.05, 0.1) is 0 Å². The second-order valence-corrected chi connectivity index (χ2v) is 4.50. The lowest BCUT2D eigenvalue weighted by Crippen LogP contribution is -2.39. The lowest BCUT2D eigenvalue weighted by atomic mass is 10.4. The molecule has 0 atom stereocenters. The molecule has 0 saturated carbocycles. The summed E-state index contributed by atoms with van der Waals surface area (Å²) in [6.07, 6.45) is 0. The summed E-state index contributed by atoms with van der Waals surface area (Å²) in [4.78, 5) is 0. The molecule has 0 radical (unpaired) electrons. The van der Waals surface area contributed by atoms with Crippen molar-refractivity contribution in [2.75, 3.05) is 85.6 Å². The van der Waals surface area contributed by atoms with Crippen LogP contribution in [0.25, 0.3) is 0 Å². The summed E-state index contributed by atoms with van der Waals surface area (Å²) in [7, 11) is 1.50. The van der Waals surface area contributed by atoms with Crippen molar-refractivity contribution in [2.24, 2.45) is 5.73 Å². The second-order valence-electron chi connectivity index (χ2n) is 4.50. The van der Waals surface area contributed by atoms with Crippen LogP contribution >= 0.6 is 0 Å². The largest absolute Gasteiger partial charge is 0.333 e. The molecule has 7 heteroatoms. The molecule has 0 aromatic heterocycles. The van der Waals surface area contributed by atoms with Gasteiger partial charge < -0.3 is 37.6 Å². The van der Waals surface area contributed by atoms with Crippen LogP contribution in [0.5, 0.6) is 0 Å². The van der Waals surface area contributed by atoms with Crippen LogP contribution in [0, 0.1) is 0 Å². The van der Waals surface area contributed by atoms with Gasteiger partial charge in [-0.1, -0.05) is 0 Å². The molecule has 0 unspecified atom stereocenters. The van der Waals surface area contributed by atoms with Gasteiger partial charge >= 0.3 is 0 Å². The number of nitrogens with two attached hydrogens (primary N) is 1. The minimum absolute atomic E-state index is 1.04. The Morgan fingerprint density at radius 3 is 0.550 bits per heavy atom. The molecule has 0 spiro atoms. The molecule has 20 heavy (non-hydrogen) atoms. The van der Waals surface area contributed by atoms with Crippen molar-refractivity contribution >= 4 is 0 Å². The van der Waals surface area contributed by atoms with Gasteiger partial charge in [-0.3, -0.25) is 0 Å². The van der Waals surface area contributed by atoms with E-state index in [1.165, 1.54) is 7.05 Å². The van der Waals surface area contributed by atoms with Gasteiger partial charge in [-0.2, -0.15) is 0 Å². The van der Waals surface area contributed by atoms with Crippen LogP contribution in [0.2, 0.25) is 0 Å². The summed E-state index contributed by atoms with van der Waals surface area (Å²) < 4.78 is 0. The minimum atomic E-state index is 1.04. The molecule has 1 rings (SSSR count). The van der Waals surface area contributed by atoms with E-state index in [2.05, 4.69) is 37.6 Å². The SMILES string of the molecule is C1CNCCNCCNCCNCCNCCN1.CN. The predicted molar refractivity (Wildman–Crippen MR) is 87.3 cm³/mol. The highest BCUT2D eigenvalue weighted by Crippen LogP contribution is 1.66. The highest BCUT2D eigenvalue weighted by molar-refractivity contribution is 4.60. The third-order valence-corrected chi connectivity index (χ3v) is 2.87. The first-order valence-corrected chi connectivity index (χ1v) is 7.82. The van der Waals surface area contributed by atoms with Crippen molar-refractivity contribution in [1.29, 1.82) is 0 Å². The smallest absolute Gasteiger partial charge is 0.00772 e. The van der Waals surface area contributed by atoms with Crippen molar-refractivity contribution in [3.05, 3.63) is 0 Å². The van der Waals surface area contributed by atoms with E-state index in [-0.39, 0.29) is 0 Å². The van der Waals surface area contributed by atoms with Gasteiger partial charge in [-0.05, 0) is 7.05 Å². The lowest BCUT2D eigenvalue weighted by Gasteiger charge is -2.11. The van der Waals surface area contributed by atoms with Crippen molar-refractivity contribution < 1.29 is 0 Å². The van der Waals surface area contributed by atoms with Gasteiger partial charge in [0, 0.05) is 78.5 Å². The summed E-state index contributed by atoms with van der Waals surface area (Å²) >= 11 is 0. The molecule has 7 nitrogen and oxygen atoms in total. The Bertz CT molecular complexity index is 93.7. The van der Waals surface area contributed by atoms with E-state index in [1.807, 2.05) is 0 Å². The Hall–Kier alpha value is -0.280. The van der Waals surface area contributed by atoms with E-state index in [9.17, 15) is 0 Å². The van der Waals surface area contributed by atoms with Gasteiger partial charge in [-0.25, -0.2) is 0 Å². The Morgan fingerprint density at radius 1 is 0.350 bits per heavy atom. The molecule has 0 aliphatic carbocycles. The van der Waals surface area contributed by atoms with E-state index in [0.29, 0.717) is 0 Å².